The van der Waals surface area contributed by atoms with Crippen LogP contribution in [0.4, 0.5) is 0 Å². The molecule has 4 nitrogen and oxygen atoms in total. The van der Waals surface area contributed by atoms with Gasteiger partial charge >= 0.3 is 0 Å². The zero-order valence-electron chi connectivity index (χ0n) is 11.6. The van der Waals surface area contributed by atoms with Gasteiger partial charge in [-0.1, -0.05) is 12.8 Å². The monoisotopic (exact) mass is 256 g/mol. The van der Waals surface area contributed by atoms with Crippen LogP contribution in [-0.4, -0.2) is 61.5 Å². The molecule has 0 radical (unpaired) electrons. The molecule has 0 bridgehead atoms. The molecule has 1 atom stereocenters. The van der Waals surface area contributed by atoms with E-state index in [0.29, 0.717) is 19.3 Å². The number of nitrogens with one attached hydrogen (secondary N) is 1. The maximum absolute atomic E-state index is 9.80. The Morgan fingerprint density at radius 1 is 1.28 bits per heavy atom. The van der Waals surface area contributed by atoms with Gasteiger partial charge in [-0.05, 0) is 32.7 Å². The molecule has 106 valence electrons. The maximum atomic E-state index is 9.80. The summed E-state index contributed by atoms with van der Waals surface area (Å²) in [6, 6.07) is 0.822. The molecule has 2 aliphatic carbocycles. The first kappa shape index (κ1) is 14.3. The molecule has 4 heteroatoms. The van der Waals surface area contributed by atoms with Crippen LogP contribution in [0, 0.1) is 0 Å². The molecule has 0 amide bonds. The lowest BCUT2D eigenvalue weighted by Crippen LogP contribution is -2.36. The summed E-state index contributed by atoms with van der Waals surface area (Å²) in [5.41, 5.74) is 0. The molecular formula is C14H28N2O2. The van der Waals surface area contributed by atoms with Gasteiger partial charge in [0.25, 0.3) is 0 Å². The molecule has 0 saturated heterocycles. The fourth-order valence-electron chi connectivity index (χ4n) is 2.58. The molecule has 2 rings (SSSR count). The summed E-state index contributed by atoms with van der Waals surface area (Å²) < 4.78 is 5.69. The Balaban J connectivity index is 1.42. The van der Waals surface area contributed by atoms with Gasteiger partial charge in [-0.15, -0.1) is 0 Å². The first-order valence-electron chi connectivity index (χ1n) is 7.46. The van der Waals surface area contributed by atoms with E-state index in [-0.39, 0.29) is 6.10 Å². The molecule has 0 aromatic rings. The highest BCUT2D eigenvalue weighted by Crippen LogP contribution is 2.24. The van der Waals surface area contributed by atoms with Crippen molar-refractivity contribution in [1.82, 2.24) is 10.2 Å². The van der Waals surface area contributed by atoms with Gasteiger partial charge in [-0.3, -0.25) is 0 Å². The molecule has 0 heterocycles. The van der Waals surface area contributed by atoms with Crippen LogP contribution in [0.25, 0.3) is 0 Å². The van der Waals surface area contributed by atoms with Crippen LogP contribution in [0.5, 0.6) is 0 Å². The van der Waals surface area contributed by atoms with Crippen molar-refractivity contribution < 1.29 is 9.84 Å². The minimum Gasteiger partial charge on any atom is -0.389 e. The quantitative estimate of drug-likeness (QED) is 0.604. The maximum Gasteiger partial charge on any atom is 0.0897 e. The third-order valence-electron chi connectivity index (χ3n) is 4.02. The van der Waals surface area contributed by atoms with Gasteiger partial charge in [0.05, 0.1) is 18.8 Å². The first-order chi connectivity index (χ1) is 8.75. The van der Waals surface area contributed by atoms with Crippen molar-refractivity contribution in [2.45, 2.75) is 56.8 Å². The predicted octanol–water partition coefficient (Wildman–Crippen LogP) is 0.990. The number of nitrogens with zero attached hydrogens (tertiary/aromatic N) is 1. The second-order valence-electron chi connectivity index (χ2n) is 5.81. The third-order valence-corrected chi connectivity index (χ3v) is 4.02. The second kappa shape index (κ2) is 7.43. The Hall–Kier alpha value is -0.160. The second-order valence-corrected chi connectivity index (χ2v) is 5.81. The van der Waals surface area contributed by atoms with E-state index in [1.165, 1.54) is 38.5 Å². The fourth-order valence-corrected chi connectivity index (χ4v) is 2.58. The Kier molecular flexibility index (Phi) is 5.89. The van der Waals surface area contributed by atoms with E-state index in [1.807, 2.05) is 0 Å². The number of ether oxygens (including phenoxy) is 1. The van der Waals surface area contributed by atoms with E-state index in [9.17, 15) is 5.11 Å². The molecule has 2 aliphatic rings. The van der Waals surface area contributed by atoms with E-state index >= 15 is 0 Å². The van der Waals surface area contributed by atoms with Gasteiger partial charge in [0, 0.05) is 25.7 Å². The smallest absolute Gasteiger partial charge is 0.0897 e. The van der Waals surface area contributed by atoms with Crippen LogP contribution in [0.2, 0.25) is 0 Å². The van der Waals surface area contributed by atoms with Crippen molar-refractivity contribution in [3.05, 3.63) is 0 Å². The predicted molar refractivity (Wildman–Crippen MR) is 72.7 cm³/mol. The molecule has 2 fully saturated rings. The molecule has 0 aromatic heterocycles. The van der Waals surface area contributed by atoms with E-state index in [2.05, 4.69) is 17.3 Å². The molecule has 1 unspecified atom stereocenters. The lowest BCUT2D eigenvalue weighted by Gasteiger charge is -2.18. The van der Waals surface area contributed by atoms with Crippen molar-refractivity contribution in [1.29, 1.82) is 0 Å². The Morgan fingerprint density at radius 2 is 2.00 bits per heavy atom. The summed E-state index contributed by atoms with van der Waals surface area (Å²) in [5, 5.41) is 13.1. The topological polar surface area (TPSA) is 44.7 Å². The number of likely N-dealkylation sites (N-methyl/N-ethyl adjacent to an activating group) is 1. The van der Waals surface area contributed by atoms with Gasteiger partial charge < -0.3 is 20.1 Å². The highest BCUT2D eigenvalue weighted by atomic mass is 16.5. The number of aliphatic hydroxyl groups excluding tert-OH is 1. The molecule has 18 heavy (non-hydrogen) atoms. The minimum atomic E-state index is -0.364. The molecular weight excluding hydrogens is 228 g/mol. The van der Waals surface area contributed by atoms with E-state index in [1.54, 1.807) is 0 Å². The van der Waals surface area contributed by atoms with Crippen LogP contribution in [0.15, 0.2) is 0 Å². The van der Waals surface area contributed by atoms with E-state index < -0.39 is 0 Å². The normalized spacial score (nSPS) is 22.8. The van der Waals surface area contributed by atoms with Crippen molar-refractivity contribution in [2.75, 3.05) is 33.3 Å². The van der Waals surface area contributed by atoms with Gasteiger partial charge in [0.1, 0.15) is 0 Å². The SMILES string of the molecule is CN(CCNCC(O)COC1CCCC1)C1CC1. The van der Waals surface area contributed by atoms with Gasteiger partial charge in [-0.25, -0.2) is 0 Å². The van der Waals surface area contributed by atoms with E-state index in [0.717, 1.165) is 19.1 Å². The summed E-state index contributed by atoms with van der Waals surface area (Å²) in [7, 11) is 2.18. The number of hydrogen-bond donors (Lipinski definition) is 2. The summed E-state index contributed by atoms with van der Waals surface area (Å²) in [4.78, 5) is 2.40. The van der Waals surface area contributed by atoms with Crippen LogP contribution in [0.3, 0.4) is 0 Å². The van der Waals surface area contributed by atoms with Crippen molar-refractivity contribution in [3.63, 3.8) is 0 Å². The molecule has 0 aromatic carbocycles. The van der Waals surface area contributed by atoms with Crippen LogP contribution >= 0.6 is 0 Å². The molecule has 0 spiro atoms. The third kappa shape index (κ3) is 5.22. The standard InChI is InChI=1S/C14H28N2O2/c1-16(12-6-7-12)9-8-15-10-13(17)11-18-14-4-2-3-5-14/h12-15,17H,2-11H2,1H3. The summed E-state index contributed by atoms with van der Waals surface area (Å²) in [6.45, 7) is 3.15. The largest absolute Gasteiger partial charge is 0.389 e. The average molecular weight is 256 g/mol. The highest BCUT2D eigenvalue weighted by molar-refractivity contribution is 4.82. The van der Waals surface area contributed by atoms with Crippen LogP contribution in [-0.2, 0) is 4.74 Å². The number of aliphatic hydroxyl groups is 1. The highest BCUT2D eigenvalue weighted by Gasteiger charge is 2.25. The first-order valence-corrected chi connectivity index (χ1v) is 7.46. The zero-order valence-corrected chi connectivity index (χ0v) is 11.6. The van der Waals surface area contributed by atoms with Gasteiger partial charge in [0.2, 0.25) is 0 Å². The van der Waals surface area contributed by atoms with Crippen LogP contribution < -0.4 is 5.32 Å². The fraction of sp³-hybridized carbons (Fsp3) is 1.00. The van der Waals surface area contributed by atoms with Crippen molar-refractivity contribution in [2.24, 2.45) is 0 Å². The Morgan fingerprint density at radius 3 is 2.67 bits per heavy atom. The average Bonchev–Trinajstić information content (AvgIpc) is 3.09. The molecule has 2 saturated carbocycles. The summed E-state index contributed by atoms with van der Waals surface area (Å²) in [6.07, 6.45) is 7.66. The zero-order chi connectivity index (χ0) is 12.8. The minimum absolute atomic E-state index is 0.364. The van der Waals surface area contributed by atoms with Crippen molar-refractivity contribution >= 4 is 0 Å². The molecule has 0 aliphatic heterocycles. The number of rotatable bonds is 9. The molecule has 2 N–H and O–H groups in total. The summed E-state index contributed by atoms with van der Waals surface area (Å²) in [5.74, 6) is 0. The Bertz CT molecular complexity index is 228. The van der Waals surface area contributed by atoms with Crippen molar-refractivity contribution in [3.8, 4) is 0 Å². The Labute approximate surface area is 111 Å². The van der Waals surface area contributed by atoms with Gasteiger partial charge in [0.15, 0.2) is 0 Å². The summed E-state index contributed by atoms with van der Waals surface area (Å²) >= 11 is 0. The van der Waals surface area contributed by atoms with E-state index in [4.69, 9.17) is 4.74 Å². The lowest BCUT2D eigenvalue weighted by molar-refractivity contribution is -0.00545. The van der Waals surface area contributed by atoms with Gasteiger partial charge in [-0.2, -0.15) is 0 Å². The lowest BCUT2D eigenvalue weighted by atomic mass is 10.3. The number of hydrogen-bond acceptors (Lipinski definition) is 4. The van der Waals surface area contributed by atoms with Crippen LogP contribution in [0.1, 0.15) is 38.5 Å².